The fourth-order valence-electron chi connectivity index (χ4n) is 3.65. The van der Waals surface area contributed by atoms with Crippen molar-refractivity contribution in [1.29, 1.82) is 0 Å². The van der Waals surface area contributed by atoms with Gasteiger partial charge in [-0.05, 0) is 50.2 Å². The molecule has 1 atom stereocenters. The highest BCUT2D eigenvalue weighted by Crippen LogP contribution is 2.31. The van der Waals surface area contributed by atoms with E-state index in [0.29, 0.717) is 22.4 Å². The van der Waals surface area contributed by atoms with Crippen LogP contribution in [0, 0.1) is 0 Å². The van der Waals surface area contributed by atoms with E-state index in [1.54, 1.807) is 22.5 Å². The molecule has 1 aliphatic rings. The number of fused-ring (bicyclic) bond motifs is 2. The Morgan fingerprint density at radius 2 is 1.68 bits per heavy atom. The monoisotopic (exact) mass is 374 g/mol. The van der Waals surface area contributed by atoms with Crippen molar-refractivity contribution in [2.24, 2.45) is 0 Å². The molecule has 0 aliphatic carbocycles. The van der Waals surface area contributed by atoms with Gasteiger partial charge in [-0.25, -0.2) is 4.98 Å². The second-order valence-electron chi connectivity index (χ2n) is 7.21. The molecule has 1 aromatic heterocycles. The maximum Gasteiger partial charge on any atom is 0.265 e. The first-order chi connectivity index (χ1) is 13.4. The molecule has 1 amide bonds. The van der Waals surface area contributed by atoms with Crippen molar-refractivity contribution >= 4 is 33.9 Å². The van der Waals surface area contributed by atoms with Crippen molar-refractivity contribution in [3.63, 3.8) is 0 Å². The zero-order valence-electron chi connectivity index (χ0n) is 16.4. The van der Waals surface area contributed by atoms with Crippen LogP contribution < -0.4 is 15.4 Å². The van der Waals surface area contributed by atoms with Gasteiger partial charge < -0.3 is 4.90 Å². The molecule has 0 fully saturated rings. The van der Waals surface area contributed by atoms with Crippen molar-refractivity contribution in [2.45, 2.75) is 19.9 Å². The van der Waals surface area contributed by atoms with E-state index in [1.165, 1.54) is 6.08 Å². The van der Waals surface area contributed by atoms with Crippen molar-refractivity contribution in [1.82, 2.24) is 9.55 Å². The quantitative estimate of drug-likeness (QED) is 0.690. The number of carbonyl (C=O) groups is 1. The molecule has 2 aromatic carbocycles. The summed E-state index contributed by atoms with van der Waals surface area (Å²) < 4.78 is 1.55. The maximum absolute atomic E-state index is 13.1. The second kappa shape index (κ2) is 6.64. The van der Waals surface area contributed by atoms with Gasteiger partial charge in [-0.15, -0.1) is 0 Å². The third-order valence-corrected chi connectivity index (χ3v) is 5.13. The van der Waals surface area contributed by atoms with Crippen LogP contribution >= 0.6 is 0 Å². The summed E-state index contributed by atoms with van der Waals surface area (Å²) >= 11 is 0. The van der Waals surface area contributed by atoms with Gasteiger partial charge in [0.25, 0.3) is 11.5 Å². The number of amides is 1. The second-order valence-corrected chi connectivity index (χ2v) is 7.21. The molecule has 0 saturated carbocycles. The Labute approximate surface area is 163 Å². The van der Waals surface area contributed by atoms with Crippen LogP contribution in [0.15, 0.2) is 59.4 Å². The smallest absolute Gasteiger partial charge is 0.265 e. The Morgan fingerprint density at radius 3 is 2.36 bits per heavy atom. The summed E-state index contributed by atoms with van der Waals surface area (Å²) in [6, 6.07) is 14.6. The molecule has 0 radical (unpaired) electrons. The molecule has 142 valence electrons. The minimum Gasteiger partial charge on any atom is -0.378 e. The van der Waals surface area contributed by atoms with E-state index in [2.05, 4.69) is 0 Å². The highest BCUT2D eigenvalue weighted by Gasteiger charge is 2.30. The normalized spacial score (nSPS) is 16.6. The van der Waals surface area contributed by atoms with Crippen LogP contribution in [0.25, 0.3) is 16.6 Å². The van der Waals surface area contributed by atoms with Gasteiger partial charge in [-0.1, -0.05) is 12.1 Å². The van der Waals surface area contributed by atoms with Crippen molar-refractivity contribution in [2.75, 3.05) is 23.9 Å². The lowest BCUT2D eigenvalue weighted by Gasteiger charge is -2.28. The van der Waals surface area contributed by atoms with Gasteiger partial charge in [0.2, 0.25) is 0 Å². The van der Waals surface area contributed by atoms with Crippen LogP contribution in [0.3, 0.4) is 0 Å². The number of para-hydroxylation sites is 1. The van der Waals surface area contributed by atoms with E-state index < -0.39 is 6.04 Å². The van der Waals surface area contributed by atoms with Gasteiger partial charge in [0.1, 0.15) is 5.82 Å². The summed E-state index contributed by atoms with van der Waals surface area (Å²) in [5, 5.41) is 0.544. The van der Waals surface area contributed by atoms with Crippen LogP contribution in [0.4, 0.5) is 11.4 Å². The van der Waals surface area contributed by atoms with Gasteiger partial charge in [0, 0.05) is 37.2 Å². The summed E-state index contributed by atoms with van der Waals surface area (Å²) in [7, 11) is 3.94. The molecule has 28 heavy (non-hydrogen) atoms. The topological polar surface area (TPSA) is 58.4 Å². The number of benzene rings is 2. The van der Waals surface area contributed by atoms with E-state index in [9.17, 15) is 9.59 Å². The number of aromatic nitrogens is 2. The van der Waals surface area contributed by atoms with Gasteiger partial charge in [0.15, 0.2) is 0 Å². The molecule has 6 nitrogen and oxygen atoms in total. The lowest BCUT2D eigenvalue weighted by atomic mass is 10.1. The summed E-state index contributed by atoms with van der Waals surface area (Å²) in [5.41, 5.74) is 2.87. The third-order valence-electron chi connectivity index (χ3n) is 5.13. The zero-order valence-corrected chi connectivity index (χ0v) is 16.4. The first kappa shape index (κ1) is 18.0. The highest BCUT2D eigenvalue weighted by atomic mass is 16.2. The van der Waals surface area contributed by atoms with Crippen LogP contribution in [0.1, 0.15) is 25.7 Å². The molecular weight excluding hydrogens is 352 g/mol. The molecule has 0 bridgehead atoms. The number of anilines is 2. The number of nitrogens with zero attached hydrogens (tertiary/aromatic N) is 4. The maximum atomic E-state index is 13.1. The Balaban J connectivity index is 1.91. The summed E-state index contributed by atoms with van der Waals surface area (Å²) in [6.45, 7) is 3.67. The molecule has 2 heterocycles. The molecule has 6 heteroatoms. The minimum absolute atomic E-state index is 0.154. The number of hydrogen-bond acceptors (Lipinski definition) is 4. The van der Waals surface area contributed by atoms with Gasteiger partial charge in [-0.2, -0.15) is 0 Å². The number of hydrogen-bond donors (Lipinski definition) is 0. The van der Waals surface area contributed by atoms with Gasteiger partial charge in [-0.3, -0.25) is 19.1 Å². The van der Waals surface area contributed by atoms with Crippen LogP contribution in [-0.2, 0) is 4.79 Å². The average Bonchev–Trinajstić information content (AvgIpc) is 2.76. The average molecular weight is 374 g/mol. The SMILES string of the molecule is CC1=CC(=O)N(c2ccc(N(C)C)cc2)C(C)c2nc3ccccc3c(=O)n21. The minimum atomic E-state index is -0.399. The van der Waals surface area contributed by atoms with Gasteiger partial charge in [0.05, 0.1) is 16.9 Å². The molecule has 0 N–H and O–H groups in total. The molecular formula is C22H22N4O2. The predicted octanol–water partition coefficient (Wildman–Crippen LogP) is 3.43. The first-order valence-electron chi connectivity index (χ1n) is 9.19. The van der Waals surface area contributed by atoms with E-state index in [-0.39, 0.29) is 11.5 Å². The van der Waals surface area contributed by atoms with Crippen molar-refractivity contribution < 1.29 is 4.79 Å². The van der Waals surface area contributed by atoms with Crippen molar-refractivity contribution in [3.8, 4) is 0 Å². The molecule has 3 aromatic rings. The Hall–Kier alpha value is -3.41. The fourth-order valence-corrected chi connectivity index (χ4v) is 3.65. The molecule has 4 rings (SSSR count). The van der Waals surface area contributed by atoms with Crippen LogP contribution in [0.2, 0.25) is 0 Å². The van der Waals surface area contributed by atoms with E-state index >= 15 is 0 Å². The standard InChI is InChI=1S/C22H22N4O2/c1-14-13-20(27)26(17-11-9-16(10-12-17)24(3)4)15(2)21-23-19-8-6-5-7-18(19)22(28)25(14)21/h5-13,15H,1-4H3. The summed E-state index contributed by atoms with van der Waals surface area (Å²) in [4.78, 5) is 34.6. The van der Waals surface area contributed by atoms with E-state index in [0.717, 1.165) is 11.4 Å². The summed E-state index contributed by atoms with van der Waals surface area (Å²) in [5.74, 6) is 0.386. The Bertz CT molecular complexity index is 1160. The molecule has 0 saturated heterocycles. The van der Waals surface area contributed by atoms with Crippen LogP contribution in [-0.4, -0.2) is 29.6 Å². The third kappa shape index (κ3) is 2.78. The molecule has 1 unspecified atom stereocenters. The Kier molecular flexibility index (Phi) is 4.26. The van der Waals surface area contributed by atoms with Crippen LogP contribution in [0.5, 0.6) is 0 Å². The van der Waals surface area contributed by atoms with Gasteiger partial charge >= 0.3 is 0 Å². The van der Waals surface area contributed by atoms with E-state index in [4.69, 9.17) is 4.98 Å². The summed E-state index contributed by atoms with van der Waals surface area (Å²) in [6.07, 6.45) is 1.50. The molecule has 1 aliphatic heterocycles. The number of carbonyl (C=O) groups excluding carboxylic acids is 1. The Morgan fingerprint density at radius 1 is 1.00 bits per heavy atom. The lowest BCUT2D eigenvalue weighted by Crippen LogP contribution is -2.34. The zero-order chi connectivity index (χ0) is 20.0. The number of rotatable bonds is 2. The predicted molar refractivity (Wildman–Crippen MR) is 113 cm³/mol. The first-order valence-corrected chi connectivity index (χ1v) is 9.19. The largest absolute Gasteiger partial charge is 0.378 e. The fraction of sp³-hybridized carbons (Fsp3) is 0.227. The molecule has 0 spiro atoms. The number of allylic oxidation sites excluding steroid dienone is 1. The van der Waals surface area contributed by atoms with E-state index in [1.807, 2.05) is 68.4 Å². The van der Waals surface area contributed by atoms with Crippen molar-refractivity contribution in [3.05, 3.63) is 70.8 Å². The highest BCUT2D eigenvalue weighted by molar-refractivity contribution is 6.05. The lowest BCUT2D eigenvalue weighted by molar-refractivity contribution is -0.114.